The van der Waals surface area contributed by atoms with Crippen molar-refractivity contribution >= 4 is 14.7 Å². The monoisotopic (exact) mass is 908 g/mol. The Hall–Kier alpha value is 1.56. The normalized spacial score (nSPS) is 43.7. The number of ether oxygens (including phenoxy) is 4. The minimum absolute atomic E-state index is 0. The van der Waals surface area contributed by atoms with Crippen molar-refractivity contribution in [1.82, 2.24) is 4.90 Å². The number of allylic oxidation sites excluding steroid dienone is 3. The number of rotatable bonds is 3. The van der Waals surface area contributed by atoms with E-state index < -0.39 is 26.1 Å². The number of hydrogen-bond donors (Lipinski definition) is 0. The van der Waals surface area contributed by atoms with Gasteiger partial charge in [0.05, 0.1) is 31.0 Å². The first-order valence-electron chi connectivity index (χ1n) is 13.2. The minimum Gasteiger partial charge on any atom is -1.00 e. The molecule has 4 saturated heterocycles. The molecule has 1 radical (unpaired) electrons. The Bertz CT molecular complexity index is 1030. The van der Waals surface area contributed by atoms with E-state index in [-0.39, 0.29) is 124 Å². The Morgan fingerprint density at radius 2 is 1.87 bits per heavy atom. The molecule has 8 rings (SSSR count). The molecule has 1 amide bonds. The molecule has 2 saturated carbocycles. The van der Waals surface area contributed by atoms with Crippen LogP contribution < -0.4 is 53.1 Å². The Balaban J connectivity index is 0.00000112. The van der Waals surface area contributed by atoms with Crippen molar-refractivity contribution in [2.45, 2.75) is 101 Å². The Morgan fingerprint density at radius 1 is 1.16 bits per heavy atom. The summed E-state index contributed by atoms with van der Waals surface area (Å²) in [7, 11) is -1.92. The average molecular weight is 907 g/mol. The Morgan fingerprint density at radius 3 is 2.53 bits per heavy atom. The van der Waals surface area contributed by atoms with Crippen LogP contribution >= 0.6 is 0 Å². The fourth-order valence-corrected chi connectivity index (χ4v) is 9.71. The van der Waals surface area contributed by atoms with Gasteiger partial charge in [0, 0.05) is 18.3 Å². The molecule has 2 spiro atoms. The van der Waals surface area contributed by atoms with Crippen molar-refractivity contribution in [3.8, 4) is 0 Å². The Kier molecular flexibility index (Phi) is 9.34. The standard InChI is InChI=1S/C26H37NO7Si.2HI.Sm/c1-24-13-20(29)16-11-18-21-22(34-35(2,3)4)19-12-25(18,33-23(32-21)27(19)14-28)7-5-15(16)17(24)6-8-26(24)30-9-10-31-26;;;/h11,14-15,17,19,21-23,29H,5-10,12-13H2,1-4H3;2*1H;/q;;;+3/p-3/t15-,17+,19?,21-,22-,23?,24+,25-;;;/m1.../s1. The second-order valence-corrected chi connectivity index (χ2v) is 17.3. The van der Waals surface area contributed by atoms with Gasteiger partial charge in [-0.05, 0) is 62.7 Å². The second-order valence-electron chi connectivity index (χ2n) is 12.8. The van der Waals surface area contributed by atoms with Crippen LogP contribution in [0, 0.1) is 57.6 Å². The minimum atomic E-state index is -1.92. The predicted octanol–water partition coefficient (Wildman–Crippen LogP) is -3.59. The van der Waals surface area contributed by atoms with Crippen molar-refractivity contribution in [3.63, 3.8) is 0 Å². The number of carbonyl (C=O) groups excluding carboxylic acids is 1. The zero-order valence-electron chi connectivity index (χ0n) is 22.2. The van der Waals surface area contributed by atoms with Crippen LogP contribution in [0.5, 0.6) is 0 Å². The van der Waals surface area contributed by atoms with E-state index >= 15 is 0 Å². The molecular formula is C26H36I2NO7SiSm. The molecule has 8 atom stereocenters. The van der Waals surface area contributed by atoms with Crippen molar-refractivity contribution in [1.29, 1.82) is 0 Å². The van der Waals surface area contributed by atoms with Crippen molar-refractivity contribution in [2.75, 3.05) is 13.2 Å². The quantitative estimate of drug-likeness (QED) is 0.165. The first kappa shape index (κ1) is 32.5. The van der Waals surface area contributed by atoms with Crippen molar-refractivity contribution in [3.05, 3.63) is 23.0 Å². The number of fused-ring (bicyclic) bond motifs is 4. The number of carbonyl (C=O) groups is 1. The van der Waals surface area contributed by atoms with Gasteiger partial charge < -0.3 is 76.4 Å². The van der Waals surface area contributed by atoms with Gasteiger partial charge in [0.2, 0.25) is 12.8 Å². The molecule has 0 aromatic rings. The van der Waals surface area contributed by atoms with Gasteiger partial charge in [0.1, 0.15) is 6.10 Å². The van der Waals surface area contributed by atoms with Gasteiger partial charge in [-0.15, -0.1) is 5.76 Å². The number of nitrogens with zero attached hydrogens (tertiary/aromatic N) is 1. The van der Waals surface area contributed by atoms with Crippen molar-refractivity contribution < 1.29 is 122 Å². The van der Waals surface area contributed by atoms with Gasteiger partial charge >= 0.3 is 40.4 Å². The molecule has 8 nitrogen and oxygen atoms in total. The van der Waals surface area contributed by atoms with Crippen LogP contribution in [0.15, 0.2) is 23.0 Å². The van der Waals surface area contributed by atoms with Gasteiger partial charge in [-0.3, -0.25) is 9.69 Å². The van der Waals surface area contributed by atoms with Crippen LogP contribution in [0.3, 0.4) is 0 Å². The summed E-state index contributed by atoms with van der Waals surface area (Å²) in [6.45, 7) is 9.91. The zero-order valence-corrected chi connectivity index (χ0v) is 30.2. The summed E-state index contributed by atoms with van der Waals surface area (Å²) in [5.74, 6) is 0.0593. The maximum absolute atomic E-state index is 13.8. The van der Waals surface area contributed by atoms with Gasteiger partial charge in [0.25, 0.3) is 0 Å². The smallest absolute Gasteiger partial charge is 1.00 e. The first-order chi connectivity index (χ1) is 16.6. The summed E-state index contributed by atoms with van der Waals surface area (Å²) in [5, 5.41) is 13.8. The molecule has 4 heterocycles. The largest absolute Gasteiger partial charge is 3.00 e. The van der Waals surface area contributed by atoms with E-state index in [0.717, 1.165) is 43.2 Å². The summed E-state index contributed by atoms with van der Waals surface area (Å²) in [6.07, 6.45) is 6.45. The Labute approximate surface area is 292 Å². The van der Waals surface area contributed by atoms with Gasteiger partial charge in [-0.2, -0.15) is 0 Å². The van der Waals surface area contributed by atoms with Crippen LogP contribution in [0.1, 0.15) is 45.4 Å². The van der Waals surface area contributed by atoms with E-state index in [9.17, 15) is 9.90 Å². The first-order valence-corrected chi connectivity index (χ1v) is 16.6. The molecule has 4 aliphatic carbocycles. The number of hydrogen-bond acceptors (Lipinski definition) is 7. The third kappa shape index (κ3) is 4.51. The van der Waals surface area contributed by atoms with Gasteiger partial charge in [-0.1, -0.05) is 18.6 Å². The van der Waals surface area contributed by atoms with Crippen LogP contribution in [0.25, 0.3) is 0 Å². The zero-order chi connectivity index (χ0) is 24.4. The van der Waals surface area contributed by atoms with Crippen LogP contribution in [-0.4, -0.2) is 68.9 Å². The molecular weight excluding hydrogens is 871 g/mol. The molecule has 2 unspecified atom stereocenters. The fraction of sp³-hybridized carbons (Fsp3) is 0.808. The summed E-state index contributed by atoms with van der Waals surface area (Å²) < 4.78 is 31.9. The molecule has 8 aliphatic rings. The maximum Gasteiger partial charge on any atom is 3.00 e. The van der Waals surface area contributed by atoms with E-state index in [0.29, 0.717) is 32.0 Å². The molecule has 0 N–H and O–H groups in total. The molecule has 4 bridgehead atoms. The van der Waals surface area contributed by atoms with E-state index in [1.807, 2.05) is 0 Å². The van der Waals surface area contributed by atoms with E-state index in [2.05, 4.69) is 32.6 Å². The van der Waals surface area contributed by atoms with Gasteiger partial charge in [0.15, 0.2) is 14.1 Å². The van der Waals surface area contributed by atoms with Crippen LogP contribution in [-0.2, 0) is 28.2 Å². The summed E-state index contributed by atoms with van der Waals surface area (Å²) in [4.78, 5) is 13.7. The van der Waals surface area contributed by atoms with Crippen molar-refractivity contribution in [2.24, 2.45) is 17.3 Å². The summed E-state index contributed by atoms with van der Waals surface area (Å²) >= 11 is 0. The molecule has 0 aromatic heterocycles. The SMILES string of the molecule is C[C@]12CC([O-])=C3C=C4[C@H]5OC6O[C@]4(CC[C@H]3[C@@H]1CCC21OCCO1)CC([C@H]5O[Si](C)(C)C)N6C=O.[I-].[I-].[Sm+3]. The molecule has 0 aromatic carbocycles. The number of amides is 1. The molecule has 12 heteroatoms. The van der Waals surface area contributed by atoms with Crippen LogP contribution in [0.2, 0.25) is 19.6 Å². The number of halogens is 2. The van der Waals surface area contributed by atoms with E-state index in [4.69, 9.17) is 23.4 Å². The van der Waals surface area contributed by atoms with Crippen LogP contribution in [0.4, 0.5) is 0 Å². The maximum atomic E-state index is 13.8. The summed E-state index contributed by atoms with van der Waals surface area (Å²) in [6, 6.07) is -0.0741. The predicted molar refractivity (Wildman–Crippen MR) is 125 cm³/mol. The molecule has 6 fully saturated rings. The molecule has 4 aliphatic heterocycles. The molecule has 38 heavy (non-hydrogen) atoms. The van der Waals surface area contributed by atoms with E-state index in [1.165, 1.54) is 0 Å². The third-order valence-corrected chi connectivity index (χ3v) is 11.0. The van der Waals surface area contributed by atoms with Gasteiger partial charge in [-0.25, -0.2) is 0 Å². The fourth-order valence-electron chi connectivity index (χ4n) is 8.61. The summed E-state index contributed by atoms with van der Waals surface area (Å²) in [5.41, 5.74) is 1.16. The van der Waals surface area contributed by atoms with E-state index in [1.54, 1.807) is 4.90 Å². The third-order valence-electron chi connectivity index (χ3n) is 10.0. The second kappa shape index (κ2) is 10.9. The average Bonchev–Trinajstić information content (AvgIpc) is 3.32. The topological polar surface area (TPSA) is 89.5 Å². The molecule has 211 valence electrons.